The Kier molecular flexibility index (Phi) is 5.49. The number of benzene rings is 1. The molecule has 0 atom stereocenters. The molecule has 1 aromatic rings. The summed E-state index contributed by atoms with van der Waals surface area (Å²) in [6, 6.07) is 8.32. The summed E-state index contributed by atoms with van der Waals surface area (Å²) in [6.07, 6.45) is 0. The third-order valence-corrected chi connectivity index (χ3v) is 2.55. The van der Waals surface area contributed by atoms with Gasteiger partial charge in [-0.25, -0.2) is 0 Å². The number of likely N-dealkylation sites (N-methyl/N-ethyl adjacent to an activating group) is 2. The molecule has 0 aliphatic heterocycles. The Morgan fingerprint density at radius 2 is 2.18 bits per heavy atom. The molecule has 0 spiro atoms. The lowest BCUT2D eigenvalue weighted by molar-refractivity contribution is -0.120. The van der Waals surface area contributed by atoms with Gasteiger partial charge < -0.3 is 15.5 Å². The van der Waals surface area contributed by atoms with Crippen molar-refractivity contribution in [3.63, 3.8) is 0 Å². The van der Waals surface area contributed by atoms with Crippen LogP contribution in [0.2, 0.25) is 0 Å². The summed E-state index contributed by atoms with van der Waals surface area (Å²) in [7, 11) is 3.79. The van der Waals surface area contributed by atoms with Crippen molar-refractivity contribution < 1.29 is 4.79 Å². The molecule has 0 fully saturated rings. The largest absolute Gasteiger partial charge is 0.373 e. The van der Waals surface area contributed by atoms with Gasteiger partial charge in [0.25, 0.3) is 0 Å². The molecule has 0 aromatic heterocycles. The van der Waals surface area contributed by atoms with Gasteiger partial charge in [0.2, 0.25) is 5.91 Å². The van der Waals surface area contributed by atoms with Crippen LogP contribution in [-0.4, -0.2) is 39.6 Å². The first-order valence-electron chi connectivity index (χ1n) is 5.82. The third kappa shape index (κ3) is 4.87. The van der Waals surface area contributed by atoms with Crippen LogP contribution in [0.3, 0.4) is 0 Å². The van der Waals surface area contributed by atoms with Gasteiger partial charge in [-0.05, 0) is 31.7 Å². The van der Waals surface area contributed by atoms with Crippen LogP contribution in [0.1, 0.15) is 5.56 Å². The second-order valence-corrected chi connectivity index (χ2v) is 4.14. The Labute approximate surface area is 103 Å². The first kappa shape index (κ1) is 13.5. The molecule has 94 valence electrons. The maximum Gasteiger partial charge on any atom is 0.234 e. The zero-order valence-electron chi connectivity index (χ0n) is 10.8. The number of nitrogens with zero attached hydrogens (tertiary/aromatic N) is 1. The molecule has 1 aromatic carbocycles. The predicted molar refractivity (Wildman–Crippen MR) is 71.4 cm³/mol. The van der Waals surface area contributed by atoms with Crippen molar-refractivity contribution in [3.8, 4) is 0 Å². The molecule has 1 amide bonds. The Morgan fingerprint density at radius 3 is 2.82 bits per heavy atom. The van der Waals surface area contributed by atoms with E-state index in [0.717, 1.165) is 6.54 Å². The Balaban J connectivity index is 2.35. The summed E-state index contributed by atoms with van der Waals surface area (Å²) in [5.74, 6) is 0.0325. The van der Waals surface area contributed by atoms with Crippen molar-refractivity contribution in [3.05, 3.63) is 29.8 Å². The summed E-state index contributed by atoms with van der Waals surface area (Å²) in [4.78, 5) is 13.4. The van der Waals surface area contributed by atoms with E-state index in [4.69, 9.17) is 0 Å². The average molecular weight is 235 g/mol. The van der Waals surface area contributed by atoms with E-state index in [9.17, 15) is 4.79 Å². The van der Waals surface area contributed by atoms with E-state index in [1.165, 1.54) is 11.3 Å². The Bertz CT molecular complexity index is 365. The number of carbonyl (C=O) groups excluding carboxylic acids is 1. The van der Waals surface area contributed by atoms with Crippen LogP contribution in [0.15, 0.2) is 24.3 Å². The van der Waals surface area contributed by atoms with Crippen molar-refractivity contribution in [2.45, 2.75) is 6.92 Å². The highest BCUT2D eigenvalue weighted by Crippen LogP contribution is 2.13. The highest BCUT2D eigenvalue weighted by atomic mass is 16.1. The van der Waals surface area contributed by atoms with Crippen molar-refractivity contribution in [2.24, 2.45) is 0 Å². The predicted octanol–water partition coefficient (Wildman–Crippen LogP) is 0.767. The molecule has 0 saturated heterocycles. The Hall–Kier alpha value is -1.55. The van der Waals surface area contributed by atoms with E-state index in [1.807, 2.05) is 13.1 Å². The molecule has 0 aliphatic rings. The fourth-order valence-electron chi connectivity index (χ4n) is 1.58. The van der Waals surface area contributed by atoms with Crippen molar-refractivity contribution in [1.29, 1.82) is 0 Å². The van der Waals surface area contributed by atoms with Crippen LogP contribution in [0.5, 0.6) is 0 Å². The van der Waals surface area contributed by atoms with Gasteiger partial charge in [0, 0.05) is 25.8 Å². The highest BCUT2D eigenvalue weighted by Gasteiger charge is 2.02. The van der Waals surface area contributed by atoms with E-state index in [2.05, 4.69) is 40.7 Å². The molecule has 4 nitrogen and oxygen atoms in total. The molecule has 17 heavy (non-hydrogen) atoms. The van der Waals surface area contributed by atoms with Gasteiger partial charge >= 0.3 is 0 Å². The third-order valence-electron chi connectivity index (χ3n) is 2.55. The van der Waals surface area contributed by atoms with Gasteiger partial charge in [-0.3, -0.25) is 4.79 Å². The lowest BCUT2D eigenvalue weighted by atomic mass is 10.2. The fourth-order valence-corrected chi connectivity index (χ4v) is 1.58. The molecular formula is C13H21N3O. The standard InChI is InChI=1S/C13H21N3O/c1-11-5-4-6-12(9-11)16(3)8-7-15-13(17)10-14-2/h4-6,9,14H,7-8,10H2,1-3H3,(H,15,17). The second-order valence-electron chi connectivity index (χ2n) is 4.14. The van der Waals surface area contributed by atoms with Gasteiger partial charge in [0.15, 0.2) is 0 Å². The summed E-state index contributed by atoms with van der Waals surface area (Å²) >= 11 is 0. The maximum absolute atomic E-state index is 11.2. The first-order chi connectivity index (χ1) is 8.13. The van der Waals surface area contributed by atoms with E-state index in [1.54, 1.807) is 7.05 Å². The number of rotatable bonds is 6. The molecule has 0 unspecified atom stereocenters. The molecule has 0 radical (unpaired) electrons. The number of nitrogens with one attached hydrogen (secondary N) is 2. The quantitative estimate of drug-likeness (QED) is 0.765. The van der Waals surface area contributed by atoms with E-state index >= 15 is 0 Å². The van der Waals surface area contributed by atoms with Crippen molar-refractivity contribution >= 4 is 11.6 Å². The Morgan fingerprint density at radius 1 is 1.41 bits per heavy atom. The molecule has 0 saturated carbocycles. The number of carbonyl (C=O) groups is 1. The topological polar surface area (TPSA) is 44.4 Å². The van der Waals surface area contributed by atoms with Crippen LogP contribution < -0.4 is 15.5 Å². The number of hydrogen-bond donors (Lipinski definition) is 2. The minimum absolute atomic E-state index is 0.0325. The molecular weight excluding hydrogens is 214 g/mol. The molecule has 0 aliphatic carbocycles. The minimum atomic E-state index is 0.0325. The summed E-state index contributed by atoms with van der Waals surface area (Å²) in [5, 5.41) is 5.67. The van der Waals surface area contributed by atoms with Crippen LogP contribution in [0, 0.1) is 6.92 Å². The molecule has 4 heteroatoms. The van der Waals surface area contributed by atoms with Crippen LogP contribution in [0.4, 0.5) is 5.69 Å². The SMILES string of the molecule is CNCC(=O)NCCN(C)c1cccc(C)c1. The molecule has 1 rings (SSSR count). The van der Waals surface area contributed by atoms with Crippen LogP contribution in [-0.2, 0) is 4.79 Å². The molecule has 0 heterocycles. The summed E-state index contributed by atoms with van der Waals surface area (Å²) in [6.45, 7) is 3.91. The van der Waals surface area contributed by atoms with Gasteiger partial charge in [-0.1, -0.05) is 12.1 Å². The van der Waals surface area contributed by atoms with Crippen molar-refractivity contribution in [2.75, 3.05) is 38.6 Å². The van der Waals surface area contributed by atoms with Gasteiger partial charge in [0.05, 0.1) is 6.54 Å². The second kappa shape index (κ2) is 6.91. The maximum atomic E-state index is 11.2. The van der Waals surface area contributed by atoms with Crippen LogP contribution in [0.25, 0.3) is 0 Å². The smallest absolute Gasteiger partial charge is 0.234 e. The number of amides is 1. The molecule has 0 bridgehead atoms. The zero-order chi connectivity index (χ0) is 12.7. The first-order valence-corrected chi connectivity index (χ1v) is 5.82. The number of anilines is 1. The summed E-state index contributed by atoms with van der Waals surface area (Å²) in [5.41, 5.74) is 2.42. The van der Waals surface area contributed by atoms with E-state index < -0.39 is 0 Å². The normalized spacial score (nSPS) is 10.1. The number of aryl methyl sites for hydroxylation is 1. The zero-order valence-corrected chi connectivity index (χ0v) is 10.8. The van der Waals surface area contributed by atoms with Crippen molar-refractivity contribution in [1.82, 2.24) is 10.6 Å². The average Bonchev–Trinajstić information content (AvgIpc) is 2.29. The van der Waals surface area contributed by atoms with Crippen LogP contribution >= 0.6 is 0 Å². The minimum Gasteiger partial charge on any atom is -0.373 e. The van der Waals surface area contributed by atoms with E-state index in [0.29, 0.717) is 13.1 Å². The molecule has 2 N–H and O–H groups in total. The number of hydrogen-bond acceptors (Lipinski definition) is 3. The lowest BCUT2D eigenvalue weighted by Gasteiger charge is -2.19. The monoisotopic (exact) mass is 235 g/mol. The lowest BCUT2D eigenvalue weighted by Crippen LogP contribution is -2.37. The highest BCUT2D eigenvalue weighted by molar-refractivity contribution is 5.77. The summed E-state index contributed by atoms with van der Waals surface area (Å²) < 4.78 is 0. The van der Waals surface area contributed by atoms with Gasteiger partial charge in [-0.15, -0.1) is 0 Å². The van der Waals surface area contributed by atoms with E-state index in [-0.39, 0.29) is 5.91 Å². The fraction of sp³-hybridized carbons (Fsp3) is 0.462. The van der Waals surface area contributed by atoms with Gasteiger partial charge in [0.1, 0.15) is 0 Å². The van der Waals surface area contributed by atoms with Gasteiger partial charge in [-0.2, -0.15) is 0 Å².